The molecule has 0 aromatic heterocycles. The Bertz CT molecular complexity index is 832. The van der Waals surface area contributed by atoms with E-state index in [0.29, 0.717) is 5.75 Å². The summed E-state index contributed by atoms with van der Waals surface area (Å²) in [5, 5.41) is 2.89. The number of aryl methyl sites for hydroxylation is 2. The number of hydrogen-bond donors (Lipinski definition) is 1. The summed E-state index contributed by atoms with van der Waals surface area (Å²) >= 11 is 5.64. The molecule has 0 atom stereocenters. The number of halogens is 4. The van der Waals surface area contributed by atoms with Crippen LogP contribution in [-0.2, 0) is 6.18 Å². The molecule has 3 nitrogen and oxygen atoms in total. The highest BCUT2D eigenvalue weighted by atomic mass is 35.5. The molecule has 0 spiro atoms. The molecule has 0 aliphatic rings. The maximum Gasteiger partial charge on any atom is 0.417 e. The summed E-state index contributed by atoms with van der Waals surface area (Å²) in [5.41, 5.74) is 1.64. The first kappa shape index (κ1) is 20.1. The molecular formula is C19H20ClF3N2O. The lowest BCUT2D eigenvalue weighted by Gasteiger charge is -2.16. The first-order valence-electron chi connectivity index (χ1n) is 8.04. The van der Waals surface area contributed by atoms with Crippen molar-refractivity contribution in [2.75, 3.05) is 12.4 Å². The highest BCUT2D eigenvalue weighted by Gasteiger charge is 2.33. The van der Waals surface area contributed by atoms with E-state index in [1.165, 1.54) is 12.1 Å². The van der Waals surface area contributed by atoms with Gasteiger partial charge in [0.25, 0.3) is 0 Å². The number of amidine groups is 1. The van der Waals surface area contributed by atoms with Crippen LogP contribution in [0, 0.1) is 13.8 Å². The van der Waals surface area contributed by atoms with Crippen molar-refractivity contribution in [2.45, 2.75) is 33.4 Å². The molecule has 1 N–H and O–H groups in total. The Morgan fingerprint density at radius 1 is 1.15 bits per heavy atom. The van der Waals surface area contributed by atoms with E-state index in [0.717, 1.165) is 35.1 Å². The number of alkyl halides is 3. The second-order valence-electron chi connectivity index (χ2n) is 5.82. The second kappa shape index (κ2) is 7.99. The minimum Gasteiger partial charge on any atom is -0.457 e. The molecule has 7 heteroatoms. The predicted molar refractivity (Wildman–Crippen MR) is 99.7 cm³/mol. The first-order chi connectivity index (χ1) is 12.2. The molecule has 2 rings (SSSR count). The minimum atomic E-state index is -4.54. The van der Waals surface area contributed by atoms with Crippen LogP contribution in [0.2, 0.25) is 5.02 Å². The third kappa shape index (κ3) is 4.69. The van der Waals surface area contributed by atoms with Crippen molar-refractivity contribution in [1.82, 2.24) is 0 Å². The van der Waals surface area contributed by atoms with Crippen molar-refractivity contribution >= 4 is 23.1 Å². The Morgan fingerprint density at radius 3 is 2.42 bits per heavy atom. The van der Waals surface area contributed by atoms with Crippen molar-refractivity contribution in [2.24, 2.45) is 4.99 Å². The minimum absolute atomic E-state index is 0.0781. The number of nitrogens with one attached hydrogen (secondary N) is 1. The zero-order valence-electron chi connectivity index (χ0n) is 15.0. The normalized spacial score (nSPS) is 12.2. The highest BCUT2D eigenvalue weighted by molar-refractivity contribution is 6.31. The molecular weight excluding hydrogens is 365 g/mol. The quantitative estimate of drug-likeness (QED) is 0.474. The van der Waals surface area contributed by atoms with Crippen LogP contribution < -0.4 is 10.1 Å². The molecule has 0 radical (unpaired) electrons. The Morgan fingerprint density at radius 2 is 1.85 bits per heavy atom. The molecule has 0 heterocycles. The molecule has 0 saturated carbocycles. The van der Waals surface area contributed by atoms with Gasteiger partial charge in [0.2, 0.25) is 0 Å². The van der Waals surface area contributed by atoms with E-state index in [1.807, 2.05) is 26.8 Å². The number of aliphatic imine (C=N–C) groups is 1. The standard InChI is InChI=1S/C19H20ClF3N2O/c1-5-18(24-4)25-16-8-12(3)17(9-11(16)2)26-13-6-7-15(20)14(10-13)19(21,22)23/h6-10H,5H2,1-4H3,(H,24,25). The maximum absolute atomic E-state index is 13.0. The van der Waals surface area contributed by atoms with Gasteiger partial charge in [0.05, 0.1) is 10.6 Å². The van der Waals surface area contributed by atoms with Gasteiger partial charge in [0.1, 0.15) is 17.3 Å². The average molecular weight is 385 g/mol. The van der Waals surface area contributed by atoms with Crippen LogP contribution in [0.4, 0.5) is 18.9 Å². The van der Waals surface area contributed by atoms with E-state index < -0.39 is 11.7 Å². The summed E-state index contributed by atoms with van der Waals surface area (Å²) in [4.78, 5) is 4.16. The lowest BCUT2D eigenvalue weighted by Crippen LogP contribution is -2.11. The van der Waals surface area contributed by atoms with Crippen molar-refractivity contribution in [3.63, 3.8) is 0 Å². The fourth-order valence-corrected chi connectivity index (χ4v) is 2.63. The third-order valence-electron chi connectivity index (χ3n) is 3.88. The van der Waals surface area contributed by atoms with Crippen LogP contribution in [0.1, 0.15) is 30.0 Å². The molecule has 0 saturated heterocycles. The molecule has 0 aliphatic carbocycles. The van der Waals surface area contributed by atoms with Gasteiger partial charge in [0.15, 0.2) is 0 Å². The monoisotopic (exact) mass is 384 g/mol. The van der Waals surface area contributed by atoms with Crippen molar-refractivity contribution in [3.8, 4) is 11.5 Å². The topological polar surface area (TPSA) is 33.6 Å². The van der Waals surface area contributed by atoms with Gasteiger partial charge in [-0.3, -0.25) is 4.99 Å². The van der Waals surface area contributed by atoms with E-state index in [1.54, 1.807) is 13.1 Å². The van der Waals surface area contributed by atoms with Gasteiger partial charge in [-0.2, -0.15) is 13.2 Å². The predicted octanol–water partition coefficient (Wildman–Crippen LogP) is 6.62. The smallest absolute Gasteiger partial charge is 0.417 e. The van der Waals surface area contributed by atoms with Gasteiger partial charge < -0.3 is 10.1 Å². The van der Waals surface area contributed by atoms with E-state index in [9.17, 15) is 13.2 Å². The zero-order chi connectivity index (χ0) is 19.5. The third-order valence-corrected chi connectivity index (χ3v) is 4.21. The number of benzene rings is 2. The Balaban J connectivity index is 2.32. The summed E-state index contributed by atoms with van der Waals surface area (Å²) in [7, 11) is 1.71. The molecule has 0 fully saturated rings. The van der Waals surface area contributed by atoms with E-state index in [-0.39, 0.29) is 10.8 Å². The number of rotatable bonds is 4. The van der Waals surface area contributed by atoms with Gasteiger partial charge >= 0.3 is 6.18 Å². The largest absolute Gasteiger partial charge is 0.457 e. The maximum atomic E-state index is 13.0. The van der Waals surface area contributed by atoms with Crippen LogP contribution in [0.3, 0.4) is 0 Å². The summed E-state index contributed by atoms with van der Waals surface area (Å²) < 4.78 is 44.7. The summed E-state index contributed by atoms with van der Waals surface area (Å²) in [5.74, 6) is 1.40. The molecule has 0 aliphatic heterocycles. The highest BCUT2D eigenvalue weighted by Crippen LogP contribution is 2.38. The van der Waals surface area contributed by atoms with Gasteiger partial charge in [-0.25, -0.2) is 0 Å². The fraction of sp³-hybridized carbons (Fsp3) is 0.316. The van der Waals surface area contributed by atoms with Gasteiger partial charge in [-0.1, -0.05) is 18.5 Å². The average Bonchev–Trinajstić information content (AvgIpc) is 2.57. The molecule has 26 heavy (non-hydrogen) atoms. The Kier molecular flexibility index (Phi) is 6.18. The lowest BCUT2D eigenvalue weighted by molar-refractivity contribution is -0.137. The zero-order valence-corrected chi connectivity index (χ0v) is 15.7. The SMILES string of the molecule is CCC(=NC)Nc1cc(C)c(Oc2ccc(Cl)c(C(F)(F)F)c2)cc1C. The van der Waals surface area contributed by atoms with Crippen LogP contribution in [0.15, 0.2) is 35.3 Å². The van der Waals surface area contributed by atoms with Gasteiger partial charge in [-0.15, -0.1) is 0 Å². The summed E-state index contributed by atoms with van der Waals surface area (Å²) in [6.07, 6.45) is -3.77. The fourth-order valence-electron chi connectivity index (χ4n) is 2.40. The van der Waals surface area contributed by atoms with E-state index >= 15 is 0 Å². The van der Waals surface area contributed by atoms with Crippen LogP contribution in [0.25, 0.3) is 0 Å². The van der Waals surface area contributed by atoms with Crippen LogP contribution >= 0.6 is 11.6 Å². The van der Waals surface area contributed by atoms with Crippen molar-refractivity contribution in [1.29, 1.82) is 0 Å². The number of nitrogens with zero attached hydrogens (tertiary/aromatic N) is 1. The number of hydrogen-bond acceptors (Lipinski definition) is 2. The number of ether oxygens (including phenoxy) is 1. The molecule has 140 valence electrons. The molecule has 2 aromatic carbocycles. The summed E-state index contributed by atoms with van der Waals surface area (Å²) in [6.45, 7) is 5.71. The molecule has 0 unspecified atom stereocenters. The number of anilines is 1. The molecule has 2 aromatic rings. The summed E-state index contributed by atoms with van der Waals surface area (Å²) in [6, 6.07) is 7.16. The van der Waals surface area contributed by atoms with E-state index in [2.05, 4.69) is 10.3 Å². The van der Waals surface area contributed by atoms with Crippen LogP contribution in [-0.4, -0.2) is 12.9 Å². The first-order valence-corrected chi connectivity index (χ1v) is 8.42. The van der Waals surface area contributed by atoms with Gasteiger partial charge in [0, 0.05) is 19.2 Å². The molecule has 0 bridgehead atoms. The van der Waals surface area contributed by atoms with Crippen LogP contribution in [0.5, 0.6) is 11.5 Å². The Hall–Kier alpha value is -2.21. The second-order valence-corrected chi connectivity index (χ2v) is 6.23. The molecule has 0 amide bonds. The van der Waals surface area contributed by atoms with Crippen molar-refractivity contribution < 1.29 is 17.9 Å². The van der Waals surface area contributed by atoms with E-state index in [4.69, 9.17) is 16.3 Å². The lowest BCUT2D eigenvalue weighted by atomic mass is 10.1. The Labute approximate surface area is 155 Å². The van der Waals surface area contributed by atoms with Gasteiger partial charge in [-0.05, 0) is 55.3 Å². The van der Waals surface area contributed by atoms with Crippen molar-refractivity contribution in [3.05, 3.63) is 52.0 Å².